The Morgan fingerprint density at radius 3 is 2.45 bits per heavy atom. The standard InChI is InChI=1S/C26H38O3/c1-17(2)26(6)23(29-22(27)13-12-19-10-8-7-9-11-19)21-15-18(3)14-20(21)16-25(4,5)24(26)28/h7-13,17-18,20-21,23-24,28H,14-16H2,1-6H3/t18-,20-,21-,23-,24-,26-/m0/s1. The molecule has 1 N–H and O–H groups in total. The number of carbonyl (C=O) groups excluding carboxylic acids is 1. The van der Waals surface area contributed by atoms with Crippen molar-refractivity contribution in [2.24, 2.45) is 34.5 Å². The molecule has 0 heterocycles. The maximum atomic E-state index is 12.9. The molecule has 0 saturated heterocycles. The SMILES string of the molecule is CC(C)[C@@]1(C)[C@@H](OC(=O)C=Cc2ccccc2)[C@H]2C[C@@H](C)C[C@H]2CC(C)(C)[C@@H]1O. The first-order valence-corrected chi connectivity index (χ1v) is 11.2. The van der Waals surface area contributed by atoms with Crippen LogP contribution in [0, 0.1) is 34.5 Å². The fourth-order valence-corrected chi connectivity index (χ4v) is 6.05. The van der Waals surface area contributed by atoms with Gasteiger partial charge in [-0.3, -0.25) is 0 Å². The number of fused-ring (bicyclic) bond motifs is 1. The Labute approximate surface area is 176 Å². The molecule has 0 amide bonds. The third-order valence-corrected chi connectivity index (χ3v) is 7.80. The van der Waals surface area contributed by atoms with Crippen molar-refractivity contribution in [2.45, 2.75) is 73.0 Å². The molecule has 2 aliphatic rings. The second kappa shape index (κ2) is 8.26. The first-order valence-electron chi connectivity index (χ1n) is 11.2. The molecular formula is C26H38O3. The lowest BCUT2D eigenvalue weighted by Crippen LogP contribution is -2.54. The number of esters is 1. The van der Waals surface area contributed by atoms with Crippen LogP contribution in [0.2, 0.25) is 0 Å². The molecule has 160 valence electrons. The van der Waals surface area contributed by atoms with Gasteiger partial charge in [0.15, 0.2) is 0 Å². The summed E-state index contributed by atoms with van der Waals surface area (Å²) < 4.78 is 6.21. The maximum absolute atomic E-state index is 12.9. The van der Waals surface area contributed by atoms with Crippen LogP contribution in [-0.4, -0.2) is 23.3 Å². The van der Waals surface area contributed by atoms with Crippen LogP contribution in [-0.2, 0) is 9.53 Å². The summed E-state index contributed by atoms with van der Waals surface area (Å²) >= 11 is 0. The van der Waals surface area contributed by atoms with E-state index in [0.29, 0.717) is 17.8 Å². The van der Waals surface area contributed by atoms with Crippen LogP contribution in [0.4, 0.5) is 0 Å². The minimum absolute atomic E-state index is 0.197. The second-order valence-electron chi connectivity index (χ2n) is 10.7. The summed E-state index contributed by atoms with van der Waals surface area (Å²) in [6.45, 7) is 13.1. The van der Waals surface area contributed by atoms with Crippen LogP contribution in [0.25, 0.3) is 6.08 Å². The van der Waals surface area contributed by atoms with Crippen molar-refractivity contribution in [2.75, 3.05) is 0 Å². The van der Waals surface area contributed by atoms with Crippen LogP contribution in [0.15, 0.2) is 36.4 Å². The van der Waals surface area contributed by atoms with Gasteiger partial charge in [0, 0.05) is 11.5 Å². The van der Waals surface area contributed by atoms with E-state index < -0.39 is 11.5 Å². The molecule has 1 aromatic rings. The summed E-state index contributed by atoms with van der Waals surface area (Å²) in [6, 6.07) is 9.80. The average Bonchev–Trinajstić information content (AvgIpc) is 3.00. The van der Waals surface area contributed by atoms with Crippen molar-refractivity contribution < 1.29 is 14.6 Å². The van der Waals surface area contributed by atoms with Crippen LogP contribution < -0.4 is 0 Å². The Morgan fingerprint density at radius 2 is 1.83 bits per heavy atom. The van der Waals surface area contributed by atoms with Gasteiger partial charge in [0.2, 0.25) is 0 Å². The highest BCUT2D eigenvalue weighted by Gasteiger charge is 2.59. The number of hydrogen-bond donors (Lipinski definition) is 1. The number of carbonyl (C=O) groups is 1. The summed E-state index contributed by atoms with van der Waals surface area (Å²) in [5.41, 5.74) is 0.293. The molecule has 3 heteroatoms. The van der Waals surface area contributed by atoms with Crippen molar-refractivity contribution in [3.63, 3.8) is 0 Å². The highest BCUT2D eigenvalue weighted by Crippen LogP contribution is 2.57. The zero-order chi connectivity index (χ0) is 21.4. The summed E-state index contributed by atoms with van der Waals surface area (Å²) in [7, 11) is 0. The van der Waals surface area contributed by atoms with Gasteiger partial charge in [-0.05, 0) is 60.0 Å². The molecule has 0 radical (unpaired) electrons. The molecule has 3 nitrogen and oxygen atoms in total. The van der Waals surface area contributed by atoms with E-state index >= 15 is 0 Å². The van der Waals surface area contributed by atoms with Gasteiger partial charge in [-0.15, -0.1) is 0 Å². The fourth-order valence-electron chi connectivity index (χ4n) is 6.05. The van der Waals surface area contributed by atoms with E-state index in [0.717, 1.165) is 24.8 Å². The quantitative estimate of drug-likeness (QED) is 0.521. The van der Waals surface area contributed by atoms with Crippen LogP contribution >= 0.6 is 0 Å². The van der Waals surface area contributed by atoms with Crippen LogP contribution in [0.3, 0.4) is 0 Å². The normalized spacial score (nSPS) is 36.8. The molecule has 6 atom stereocenters. The van der Waals surface area contributed by atoms with Crippen molar-refractivity contribution in [3.8, 4) is 0 Å². The highest BCUT2D eigenvalue weighted by molar-refractivity contribution is 5.87. The van der Waals surface area contributed by atoms with E-state index in [1.807, 2.05) is 30.3 Å². The van der Waals surface area contributed by atoms with Crippen LogP contribution in [0.1, 0.15) is 66.4 Å². The zero-order valence-corrected chi connectivity index (χ0v) is 18.9. The van der Waals surface area contributed by atoms with E-state index in [4.69, 9.17) is 4.74 Å². The summed E-state index contributed by atoms with van der Waals surface area (Å²) in [5, 5.41) is 11.5. The molecule has 0 spiro atoms. The van der Waals surface area contributed by atoms with E-state index in [-0.39, 0.29) is 23.4 Å². The van der Waals surface area contributed by atoms with Gasteiger partial charge in [0.1, 0.15) is 6.10 Å². The fraction of sp³-hybridized carbons (Fsp3) is 0.654. The van der Waals surface area contributed by atoms with Gasteiger partial charge in [0.25, 0.3) is 0 Å². The Morgan fingerprint density at radius 1 is 1.17 bits per heavy atom. The monoisotopic (exact) mass is 398 g/mol. The van der Waals surface area contributed by atoms with E-state index in [9.17, 15) is 9.90 Å². The smallest absolute Gasteiger partial charge is 0.331 e. The molecule has 2 aliphatic carbocycles. The van der Waals surface area contributed by atoms with Crippen LogP contribution in [0.5, 0.6) is 0 Å². The Balaban J connectivity index is 1.93. The lowest BCUT2D eigenvalue weighted by atomic mass is 9.62. The van der Waals surface area contributed by atoms with Crippen molar-refractivity contribution in [3.05, 3.63) is 42.0 Å². The first-order chi connectivity index (χ1) is 13.6. The molecule has 1 aromatic carbocycles. The number of benzene rings is 1. The number of ether oxygens (including phenoxy) is 1. The number of hydrogen-bond acceptors (Lipinski definition) is 3. The predicted octanol–water partition coefficient (Wildman–Crippen LogP) is 5.73. The molecule has 0 bridgehead atoms. The van der Waals surface area contributed by atoms with Crippen molar-refractivity contribution >= 4 is 12.0 Å². The van der Waals surface area contributed by atoms with Gasteiger partial charge < -0.3 is 9.84 Å². The van der Waals surface area contributed by atoms with Gasteiger partial charge in [-0.1, -0.05) is 71.9 Å². The summed E-state index contributed by atoms with van der Waals surface area (Å²) in [4.78, 5) is 12.9. The number of aliphatic hydroxyl groups is 1. The Hall–Kier alpha value is -1.61. The van der Waals surface area contributed by atoms with E-state index in [1.54, 1.807) is 6.08 Å². The number of aliphatic hydroxyl groups excluding tert-OH is 1. The topological polar surface area (TPSA) is 46.5 Å². The highest BCUT2D eigenvalue weighted by atomic mass is 16.5. The molecule has 0 aliphatic heterocycles. The zero-order valence-electron chi connectivity index (χ0n) is 18.9. The largest absolute Gasteiger partial charge is 0.458 e. The molecule has 2 fully saturated rings. The first kappa shape index (κ1) is 22.1. The van der Waals surface area contributed by atoms with Gasteiger partial charge in [-0.25, -0.2) is 4.79 Å². The lowest BCUT2D eigenvalue weighted by molar-refractivity contribution is -0.175. The van der Waals surface area contributed by atoms with Gasteiger partial charge in [-0.2, -0.15) is 0 Å². The molecule has 3 rings (SSSR count). The maximum Gasteiger partial charge on any atom is 0.331 e. The van der Waals surface area contributed by atoms with Crippen molar-refractivity contribution in [1.82, 2.24) is 0 Å². The Kier molecular flexibility index (Phi) is 6.29. The molecule has 0 aromatic heterocycles. The third kappa shape index (κ3) is 4.30. The van der Waals surface area contributed by atoms with E-state index in [1.165, 1.54) is 6.08 Å². The lowest BCUT2D eigenvalue weighted by Gasteiger charge is -2.48. The second-order valence-corrected chi connectivity index (χ2v) is 10.7. The predicted molar refractivity (Wildman–Crippen MR) is 118 cm³/mol. The minimum atomic E-state index is -0.521. The Bertz CT molecular complexity index is 736. The number of rotatable bonds is 4. The summed E-state index contributed by atoms with van der Waals surface area (Å²) in [6.07, 6.45) is 5.75. The molecule has 2 saturated carbocycles. The third-order valence-electron chi connectivity index (χ3n) is 7.80. The summed E-state index contributed by atoms with van der Waals surface area (Å²) in [5.74, 6) is 1.32. The van der Waals surface area contributed by atoms with Crippen molar-refractivity contribution in [1.29, 1.82) is 0 Å². The van der Waals surface area contributed by atoms with Gasteiger partial charge in [0.05, 0.1) is 6.10 Å². The molecule has 0 unspecified atom stereocenters. The van der Waals surface area contributed by atoms with Gasteiger partial charge >= 0.3 is 5.97 Å². The van der Waals surface area contributed by atoms with E-state index in [2.05, 4.69) is 41.5 Å². The molecule has 29 heavy (non-hydrogen) atoms. The molecular weight excluding hydrogens is 360 g/mol. The minimum Gasteiger partial charge on any atom is -0.458 e. The average molecular weight is 399 g/mol.